The minimum atomic E-state index is -0.800. The third-order valence-electron chi connectivity index (χ3n) is 6.57. The smallest absolute Gasteiger partial charge is 0.295 e. The Bertz CT molecular complexity index is 1110. The maximum atomic E-state index is 13.3. The SMILES string of the molecule is COc1cccc(C2/C(=C(/O)c3ccc(C)cc3)C(=O)C(=O)N2CCCN2CCOCC2)c1OC. The third-order valence-corrected chi connectivity index (χ3v) is 6.57. The van der Waals surface area contributed by atoms with E-state index in [2.05, 4.69) is 4.90 Å². The van der Waals surface area contributed by atoms with Gasteiger partial charge in [0.1, 0.15) is 5.76 Å². The molecule has 0 aromatic heterocycles. The number of aliphatic hydroxyl groups excluding tert-OH is 1. The number of hydrogen-bond acceptors (Lipinski definition) is 7. The van der Waals surface area contributed by atoms with Gasteiger partial charge in [-0.15, -0.1) is 0 Å². The van der Waals surface area contributed by atoms with Gasteiger partial charge in [-0.05, 0) is 19.4 Å². The summed E-state index contributed by atoms with van der Waals surface area (Å²) >= 11 is 0. The molecule has 2 saturated heterocycles. The first-order valence-electron chi connectivity index (χ1n) is 11.8. The minimum Gasteiger partial charge on any atom is -0.507 e. The lowest BCUT2D eigenvalue weighted by atomic mass is 9.94. The Labute approximate surface area is 205 Å². The lowest BCUT2D eigenvalue weighted by molar-refractivity contribution is -0.140. The van der Waals surface area contributed by atoms with E-state index in [4.69, 9.17) is 14.2 Å². The van der Waals surface area contributed by atoms with E-state index in [1.165, 1.54) is 14.2 Å². The fraction of sp³-hybridized carbons (Fsp3) is 0.407. The number of aryl methyl sites for hydroxylation is 1. The average Bonchev–Trinajstić information content (AvgIpc) is 3.13. The Hall–Kier alpha value is -3.36. The molecule has 8 heteroatoms. The molecule has 186 valence electrons. The topological polar surface area (TPSA) is 88.5 Å². The Morgan fingerprint density at radius 3 is 2.40 bits per heavy atom. The number of morpholine rings is 1. The van der Waals surface area contributed by atoms with Crippen LogP contribution >= 0.6 is 0 Å². The summed E-state index contributed by atoms with van der Waals surface area (Å²) in [5.41, 5.74) is 2.15. The van der Waals surface area contributed by atoms with E-state index in [1.807, 2.05) is 19.1 Å². The number of carbonyl (C=O) groups excluding carboxylic acids is 2. The third kappa shape index (κ3) is 5.04. The van der Waals surface area contributed by atoms with Crippen molar-refractivity contribution in [3.63, 3.8) is 0 Å². The number of para-hydroxylation sites is 1. The molecule has 0 saturated carbocycles. The molecule has 35 heavy (non-hydrogen) atoms. The molecule has 0 aliphatic carbocycles. The standard InChI is InChI=1S/C27H32N2O6/c1-18-8-10-19(11-9-18)24(30)22-23(20-6-4-7-21(33-2)26(20)34-3)29(27(32)25(22)31)13-5-12-28-14-16-35-17-15-28/h4,6-11,23,30H,5,12-17H2,1-3H3/b24-22-. The highest BCUT2D eigenvalue weighted by molar-refractivity contribution is 6.46. The fourth-order valence-electron chi connectivity index (χ4n) is 4.72. The number of carbonyl (C=O) groups is 2. The number of methoxy groups -OCH3 is 2. The van der Waals surface area contributed by atoms with Gasteiger partial charge in [0.25, 0.3) is 11.7 Å². The van der Waals surface area contributed by atoms with Crippen LogP contribution < -0.4 is 9.47 Å². The van der Waals surface area contributed by atoms with Crippen molar-refractivity contribution in [2.45, 2.75) is 19.4 Å². The number of aliphatic hydroxyl groups is 1. The number of rotatable bonds is 8. The van der Waals surface area contributed by atoms with Crippen LogP contribution in [0.1, 0.15) is 29.2 Å². The molecule has 4 rings (SSSR count). The normalized spacial score (nSPS) is 20.3. The zero-order valence-electron chi connectivity index (χ0n) is 20.5. The van der Waals surface area contributed by atoms with Gasteiger partial charge in [-0.1, -0.05) is 42.0 Å². The van der Waals surface area contributed by atoms with Gasteiger partial charge in [-0.3, -0.25) is 14.5 Å². The molecule has 0 bridgehead atoms. The molecule has 8 nitrogen and oxygen atoms in total. The van der Waals surface area contributed by atoms with Gasteiger partial charge in [0.2, 0.25) is 0 Å². The monoisotopic (exact) mass is 480 g/mol. The molecule has 2 heterocycles. The highest BCUT2D eigenvalue weighted by Crippen LogP contribution is 2.45. The summed E-state index contributed by atoms with van der Waals surface area (Å²) in [7, 11) is 3.05. The molecule has 1 N–H and O–H groups in total. The summed E-state index contributed by atoms with van der Waals surface area (Å²) in [6.45, 7) is 6.17. The molecule has 2 fully saturated rings. The van der Waals surface area contributed by atoms with Crippen molar-refractivity contribution in [3.05, 3.63) is 64.7 Å². The van der Waals surface area contributed by atoms with Crippen molar-refractivity contribution in [2.75, 3.05) is 53.6 Å². The zero-order valence-corrected chi connectivity index (χ0v) is 20.5. The van der Waals surface area contributed by atoms with E-state index in [1.54, 1.807) is 35.2 Å². The van der Waals surface area contributed by atoms with Crippen LogP contribution in [0.4, 0.5) is 0 Å². The number of amides is 1. The summed E-state index contributed by atoms with van der Waals surface area (Å²) in [5.74, 6) is -0.622. The second-order valence-electron chi connectivity index (χ2n) is 8.75. The summed E-state index contributed by atoms with van der Waals surface area (Å²) in [4.78, 5) is 30.4. The van der Waals surface area contributed by atoms with E-state index in [9.17, 15) is 14.7 Å². The average molecular weight is 481 g/mol. The van der Waals surface area contributed by atoms with Gasteiger partial charge in [-0.25, -0.2) is 0 Å². The van der Waals surface area contributed by atoms with E-state index in [-0.39, 0.29) is 11.3 Å². The number of hydrogen-bond donors (Lipinski definition) is 1. The highest BCUT2D eigenvalue weighted by atomic mass is 16.5. The number of likely N-dealkylation sites (tertiary alicyclic amines) is 1. The number of nitrogens with zero attached hydrogens (tertiary/aromatic N) is 2. The lowest BCUT2D eigenvalue weighted by Gasteiger charge is -2.30. The van der Waals surface area contributed by atoms with Crippen molar-refractivity contribution in [1.29, 1.82) is 0 Å². The number of ketones is 1. The Morgan fingerprint density at radius 2 is 1.74 bits per heavy atom. The number of Topliss-reactive ketones (excluding diaryl/α,β-unsaturated/α-hetero) is 1. The van der Waals surface area contributed by atoms with Crippen LogP contribution in [0.3, 0.4) is 0 Å². The Balaban J connectivity index is 1.75. The first-order valence-corrected chi connectivity index (χ1v) is 11.8. The number of ether oxygens (including phenoxy) is 3. The quantitative estimate of drug-likeness (QED) is 0.353. The fourth-order valence-corrected chi connectivity index (χ4v) is 4.72. The van der Waals surface area contributed by atoms with Crippen molar-refractivity contribution < 1.29 is 28.9 Å². The minimum absolute atomic E-state index is 0.0526. The van der Waals surface area contributed by atoms with Crippen molar-refractivity contribution in [2.24, 2.45) is 0 Å². The van der Waals surface area contributed by atoms with Crippen LogP contribution in [-0.2, 0) is 14.3 Å². The predicted octanol–water partition coefficient (Wildman–Crippen LogP) is 3.16. The van der Waals surface area contributed by atoms with E-state index in [0.29, 0.717) is 48.8 Å². The second-order valence-corrected chi connectivity index (χ2v) is 8.75. The second kappa shape index (κ2) is 10.9. The van der Waals surface area contributed by atoms with Crippen LogP contribution in [0.15, 0.2) is 48.0 Å². The van der Waals surface area contributed by atoms with Gasteiger partial charge in [0, 0.05) is 37.3 Å². The van der Waals surface area contributed by atoms with Crippen LogP contribution in [0.2, 0.25) is 0 Å². The predicted molar refractivity (Wildman–Crippen MR) is 132 cm³/mol. The van der Waals surface area contributed by atoms with Gasteiger partial charge < -0.3 is 24.2 Å². The van der Waals surface area contributed by atoms with Crippen LogP contribution in [0.5, 0.6) is 11.5 Å². The Kier molecular flexibility index (Phi) is 7.73. The number of benzene rings is 2. The van der Waals surface area contributed by atoms with Crippen LogP contribution in [-0.4, -0.2) is 80.2 Å². The van der Waals surface area contributed by atoms with Crippen molar-refractivity contribution in [3.8, 4) is 11.5 Å². The molecule has 2 aliphatic rings. The van der Waals surface area contributed by atoms with Crippen LogP contribution in [0, 0.1) is 6.92 Å². The zero-order chi connectivity index (χ0) is 24.9. The first kappa shape index (κ1) is 24.8. The first-order chi connectivity index (χ1) is 17.0. The van der Waals surface area contributed by atoms with Gasteiger partial charge in [-0.2, -0.15) is 0 Å². The van der Waals surface area contributed by atoms with Crippen LogP contribution in [0.25, 0.3) is 5.76 Å². The Morgan fingerprint density at radius 1 is 1.03 bits per heavy atom. The van der Waals surface area contributed by atoms with Gasteiger partial charge in [0.05, 0.1) is 39.0 Å². The van der Waals surface area contributed by atoms with E-state index in [0.717, 1.165) is 25.2 Å². The molecule has 0 spiro atoms. The van der Waals surface area contributed by atoms with Gasteiger partial charge in [0.15, 0.2) is 11.5 Å². The van der Waals surface area contributed by atoms with Gasteiger partial charge >= 0.3 is 0 Å². The molecule has 1 amide bonds. The molecule has 2 aliphatic heterocycles. The molecule has 2 aromatic rings. The van der Waals surface area contributed by atoms with Crippen molar-refractivity contribution >= 4 is 17.4 Å². The van der Waals surface area contributed by atoms with Crippen molar-refractivity contribution in [1.82, 2.24) is 9.80 Å². The molecular weight excluding hydrogens is 448 g/mol. The maximum Gasteiger partial charge on any atom is 0.295 e. The molecule has 1 unspecified atom stereocenters. The molecular formula is C27H32N2O6. The molecule has 0 radical (unpaired) electrons. The maximum absolute atomic E-state index is 13.3. The summed E-state index contributed by atoms with van der Waals surface area (Å²) in [6.07, 6.45) is 0.681. The van der Waals surface area contributed by atoms with E-state index < -0.39 is 17.7 Å². The summed E-state index contributed by atoms with van der Waals surface area (Å²) < 4.78 is 16.5. The summed E-state index contributed by atoms with van der Waals surface area (Å²) in [5, 5.41) is 11.3. The molecule has 2 aromatic carbocycles. The highest BCUT2D eigenvalue weighted by Gasteiger charge is 2.47. The largest absolute Gasteiger partial charge is 0.507 e. The molecule has 1 atom stereocenters. The summed E-state index contributed by atoms with van der Waals surface area (Å²) in [6, 6.07) is 11.8. The van der Waals surface area contributed by atoms with E-state index >= 15 is 0 Å². The lowest BCUT2D eigenvalue weighted by Crippen LogP contribution is -2.39.